The van der Waals surface area contributed by atoms with E-state index in [1.165, 1.54) is 12.4 Å². The molecular formula is C28H29N5O5. The van der Waals surface area contributed by atoms with Crippen molar-refractivity contribution >= 4 is 23.4 Å². The van der Waals surface area contributed by atoms with Gasteiger partial charge in [0.2, 0.25) is 5.91 Å². The van der Waals surface area contributed by atoms with Crippen LogP contribution in [0.15, 0.2) is 73.1 Å². The second kappa shape index (κ2) is 14.2. The number of nitrogens with zero attached hydrogens (tertiary/aromatic N) is 1. The molecule has 0 fully saturated rings. The lowest BCUT2D eigenvalue weighted by Gasteiger charge is -2.19. The molecule has 0 aliphatic heterocycles. The highest BCUT2D eigenvalue weighted by Gasteiger charge is 2.25. The van der Waals surface area contributed by atoms with E-state index in [4.69, 9.17) is 5.21 Å². The van der Waals surface area contributed by atoms with E-state index in [0.29, 0.717) is 17.8 Å². The molecule has 3 amide bonds. The molecule has 0 spiro atoms. The summed E-state index contributed by atoms with van der Waals surface area (Å²) in [5, 5.41) is 26.7. The Morgan fingerprint density at radius 2 is 1.53 bits per heavy atom. The van der Waals surface area contributed by atoms with Gasteiger partial charge in [-0.15, -0.1) is 0 Å². The maximum absolute atomic E-state index is 12.4. The van der Waals surface area contributed by atoms with Gasteiger partial charge in [-0.25, -0.2) is 5.48 Å². The number of nitrogens with one attached hydrogen (secondary N) is 4. The van der Waals surface area contributed by atoms with Crippen LogP contribution in [0.3, 0.4) is 0 Å². The summed E-state index contributed by atoms with van der Waals surface area (Å²) in [5.41, 5.74) is 4.91. The Bertz CT molecular complexity index is 1280. The fraction of sp³-hybridized carbons (Fsp3) is 0.214. The average molecular weight is 516 g/mol. The number of amides is 3. The van der Waals surface area contributed by atoms with Crippen LogP contribution in [-0.2, 0) is 16.0 Å². The summed E-state index contributed by atoms with van der Waals surface area (Å²) in [6.45, 7) is 2.21. The van der Waals surface area contributed by atoms with Gasteiger partial charge in [-0.05, 0) is 86.1 Å². The number of hydrogen-bond acceptors (Lipinski definition) is 7. The van der Waals surface area contributed by atoms with Crippen molar-refractivity contribution in [3.05, 3.63) is 95.3 Å². The van der Waals surface area contributed by atoms with Gasteiger partial charge in [-0.3, -0.25) is 24.6 Å². The van der Waals surface area contributed by atoms with Gasteiger partial charge in [0.15, 0.2) is 0 Å². The minimum atomic E-state index is -1.30. The number of anilines is 1. The van der Waals surface area contributed by atoms with Crippen LogP contribution in [0.1, 0.15) is 34.0 Å². The monoisotopic (exact) mass is 515 g/mol. The minimum Gasteiger partial charge on any atom is -0.391 e. The first-order valence-corrected chi connectivity index (χ1v) is 11.9. The van der Waals surface area contributed by atoms with Gasteiger partial charge < -0.3 is 21.1 Å². The van der Waals surface area contributed by atoms with E-state index in [2.05, 4.69) is 32.8 Å². The molecule has 0 aliphatic carbocycles. The van der Waals surface area contributed by atoms with Crippen molar-refractivity contribution in [2.75, 3.05) is 18.4 Å². The van der Waals surface area contributed by atoms with Gasteiger partial charge in [0, 0.05) is 34.8 Å². The second-order valence-electron chi connectivity index (χ2n) is 8.40. The van der Waals surface area contributed by atoms with Crippen LogP contribution >= 0.6 is 0 Å². The first kappa shape index (κ1) is 28.0. The molecule has 2 aromatic carbocycles. The van der Waals surface area contributed by atoms with Gasteiger partial charge in [0.1, 0.15) is 6.04 Å². The van der Waals surface area contributed by atoms with Crippen molar-refractivity contribution in [2.45, 2.75) is 25.5 Å². The first-order chi connectivity index (χ1) is 18.4. The summed E-state index contributed by atoms with van der Waals surface area (Å²) in [5.74, 6) is 4.38. The predicted octanol–water partition coefficient (Wildman–Crippen LogP) is 1.24. The molecule has 0 bridgehead atoms. The summed E-state index contributed by atoms with van der Waals surface area (Å²) in [4.78, 5) is 40.1. The normalized spacial score (nSPS) is 11.9. The maximum atomic E-state index is 12.4. The van der Waals surface area contributed by atoms with Crippen molar-refractivity contribution in [3.63, 3.8) is 0 Å². The quantitative estimate of drug-likeness (QED) is 0.103. The van der Waals surface area contributed by atoms with E-state index in [1.54, 1.807) is 60.9 Å². The molecule has 10 heteroatoms. The van der Waals surface area contributed by atoms with E-state index < -0.39 is 24.0 Å². The molecule has 38 heavy (non-hydrogen) atoms. The zero-order valence-electron chi connectivity index (χ0n) is 20.8. The Labute approximate surface area is 220 Å². The fourth-order valence-corrected chi connectivity index (χ4v) is 3.37. The number of carbonyl (C=O) groups excluding carboxylic acids is 3. The number of carbonyl (C=O) groups is 3. The Kier molecular flexibility index (Phi) is 10.5. The number of rotatable bonds is 10. The summed E-state index contributed by atoms with van der Waals surface area (Å²) in [6, 6.07) is 16.1. The molecule has 2 atom stereocenters. The van der Waals surface area contributed by atoms with Gasteiger partial charge in [-0.2, -0.15) is 0 Å². The summed E-state index contributed by atoms with van der Waals surface area (Å²) >= 11 is 0. The van der Waals surface area contributed by atoms with Crippen LogP contribution in [-0.4, -0.2) is 58.3 Å². The molecule has 2 unspecified atom stereocenters. The Morgan fingerprint density at radius 1 is 0.921 bits per heavy atom. The fourth-order valence-electron chi connectivity index (χ4n) is 3.37. The Morgan fingerprint density at radius 3 is 2.11 bits per heavy atom. The summed E-state index contributed by atoms with van der Waals surface area (Å²) < 4.78 is 0. The molecule has 0 radical (unpaired) electrons. The molecule has 10 nitrogen and oxygen atoms in total. The van der Waals surface area contributed by atoms with E-state index in [0.717, 1.165) is 17.5 Å². The number of aromatic nitrogens is 1. The topological polar surface area (TPSA) is 153 Å². The smallest absolute Gasteiger partial charge is 0.268 e. The van der Waals surface area contributed by atoms with Crippen LogP contribution in [0.5, 0.6) is 0 Å². The van der Waals surface area contributed by atoms with Crippen molar-refractivity contribution in [2.24, 2.45) is 0 Å². The van der Waals surface area contributed by atoms with Crippen molar-refractivity contribution in [1.82, 2.24) is 21.1 Å². The highest BCUT2D eigenvalue weighted by molar-refractivity contribution is 5.97. The number of hydrogen-bond donors (Lipinski definition) is 6. The lowest BCUT2D eigenvalue weighted by molar-refractivity contribution is -0.133. The average Bonchev–Trinajstić information content (AvgIpc) is 2.94. The van der Waals surface area contributed by atoms with E-state index in [9.17, 15) is 19.5 Å². The van der Waals surface area contributed by atoms with E-state index in [-0.39, 0.29) is 18.0 Å². The summed E-state index contributed by atoms with van der Waals surface area (Å²) in [7, 11) is 0. The van der Waals surface area contributed by atoms with E-state index >= 15 is 0 Å². The highest BCUT2D eigenvalue weighted by Crippen LogP contribution is 2.10. The van der Waals surface area contributed by atoms with Crippen LogP contribution in [0, 0.1) is 11.8 Å². The standard InChI is InChI=1S/C28H29N5O5/c1-19(34)26(28(37)33-38)32-27(36)23-8-4-20(5-9-23)2-3-21-6-10-24(11-7-21)31-25(35)18-30-17-14-22-12-15-29-16-13-22/h4-13,15-16,19,26,30,34,38H,14,17-18H2,1H3,(H,31,35)(H,32,36)(H,33,37). The third-order valence-corrected chi connectivity index (χ3v) is 5.45. The Balaban J connectivity index is 1.47. The number of aliphatic hydroxyl groups excluding tert-OH is 1. The van der Waals surface area contributed by atoms with Gasteiger partial charge in [0.05, 0.1) is 12.6 Å². The molecule has 0 aliphatic rings. The predicted molar refractivity (Wildman–Crippen MR) is 141 cm³/mol. The largest absolute Gasteiger partial charge is 0.391 e. The zero-order valence-corrected chi connectivity index (χ0v) is 20.8. The first-order valence-electron chi connectivity index (χ1n) is 11.9. The van der Waals surface area contributed by atoms with Crippen LogP contribution in [0.4, 0.5) is 5.69 Å². The van der Waals surface area contributed by atoms with Crippen LogP contribution < -0.4 is 21.4 Å². The third-order valence-electron chi connectivity index (χ3n) is 5.45. The van der Waals surface area contributed by atoms with Gasteiger partial charge in [-0.1, -0.05) is 11.8 Å². The number of benzene rings is 2. The zero-order chi connectivity index (χ0) is 27.3. The summed E-state index contributed by atoms with van der Waals surface area (Å²) in [6.07, 6.45) is 3.10. The number of pyridine rings is 1. The number of hydroxylamine groups is 1. The second-order valence-corrected chi connectivity index (χ2v) is 8.40. The third kappa shape index (κ3) is 8.83. The molecule has 6 N–H and O–H groups in total. The van der Waals surface area contributed by atoms with Crippen LogP contribution in [0.25, 0.3) is 0 Å². The van der Waals surface area contributed by atoms with Crippen LogP contribution in [0.2, 0.25) is 0 Å². The molecule has 3 aromatic rings. The lowest BCUT2D eigenvalue weighted by atomic mass is 10.1. The molecule has 0 saturated heterocycles. The van der Waals surface area contributed by atoms with Gasteiger partial charge in [0.25, 0.3) is 11.8 Å². The lowest BCUT2D eigenvalue weighted by Crippen LogP contribution is -2.51. The number of aliphatic hydroxyl groups is 1. The minimum absolute atomic E-state index is 0.139. The van der Waals surface area contributed by atoms with Crippen molar-refractivity contribution in [1.29, 1.82) is 0 Å². The molecule has 1 heterocycles. The van der Waals surface area contributed by atoms with Crippen molar-refractivity contribution < 1.29 is 24.7 Å². The van der Waals surface area contributed by atoms with E-state index in [1.807, 2.05) is 12.1 Å². The maximum Gasteiger partial charge on any atom is 0.268 e. The molecule has 196 valence electrons. The molecule has 1 aromatic heterocycles. The van der Waals surface area contributed by atoms with Crippen molar-refractivity contribution in [3.8, 4) is 11.8 Å². The SMILES string of the molecule is CC(O)C(NC(=O)c1ccc(C#Cc2ccc(NC(=O)CNCCc3ccncc3)cc2)cc1)C(=O)NO. The molecule has 3 rings (SSSR count). The highest BCUT2D eigenvalue weighted by atomic mass is 16.5. The molecular weight excluding hydrogens is 486 g/mol. The Hall–Kier alpha value is -4.56. The van der Waals surface area contributed by atoms with Gasteiger partial charge >= 0.3 is 0 Å². The molecule has 0 saturated carbocycles.